The molecule has 36 heavy (non-hydrogen) atoms. The Morgan fingerprint density at radius 3 is 2.33 bits per heavy atom. The highest BCUT2D eigenvalue weighted by atomic mass is 35.5. The summed E-state index contributed by atoms with van der Waals surface area (Å²) in [4.78, 5) is 29.7. The van der Waals surface area contributed by atoms with E-state index < -0.39 is 0 Å². The molecule has 0 saturated carbocycles. The zero-order chi connectivity index (χ0) is 25.4. The average molecular weight is 542 g/mol. The minimum Gasteiger partial charge on any atom is -0.378 e. The first-order valence-corrected chi connectivity index (χ1v) is 13.2. The normalized spacial score (nSPS) is 17.5. The van der Waals surface area contributed by atoms with Gasteiger partial charge in [0.15, 0.2) is 0 Å². The van der Waals surface area contributed by atoms with E-state index in [2.05, 4.69) is 33.7 Å². The number of hydrogen-bond acceptors (Lipinski definition) is 5. The molecule has 0 spiro atoms. The summed E-state index contributed by atoms with van der Waals surface area (Å²) < 4.78 is 7.61. The summed E-state index contributed by atoms with van der Waals surface area (Å²) in [5.74, 6) is -0.310. The van der Waals surface area contributed by atoms with Crippen LogP contribution in [0, 0.1) is 13.8 Å². The van der Waals surface area contributed by atoms with Gasteiger partial charge in [0.25, 0.3) is 11.1 Å². The number of imide groups is 1. The molecule has 186 valence electrons. The molecule has 0 N–H and O–H groups in total. The first kappa shape index (κ1) is 25.0. The number of amides is 2. The van der Waals surface area contributed by atoms with Gasteiger partial charge < -0.3 is 14.2 Å². The second-order valence-corrected chi connectivity index (χ2v) is 10.6. The molecule has 2 aromatic carbocycles. The fourth-order valence-corrected chi connectivity index (χ4v) is 5.71. The molecule has 9 heteroatoms. The number of halogens is 2. The first-order valence-electron chi connectivity index (χ1n) is 11.6. The third-order valence-electron chi connectivity index (χ3n) is 6.44. The highest BCUT2D eigenvalue weighted by molar-refractivity contribution is 8.18. The summed E-state index contributed by atoms with van der Waals surface area (Å²) >= 11 is 13.0. The molecule has 5 rings (SSSR count). The molecule has 0 bridgehead atoms. The first-order chi connectivity index (χ1) is 17.3. The number of carbonyl (C=O) groups is 2. The third-order valence-corrected chi connectivity index (χ3v) is 8.09. The van der Waals surface area contributed by atoms with Gasteiger partial charge in [0.1, 0.15) is 0 Å². The maximum Gasteiger partial charge on any atom is 0.293 e. The predicted octanol–water partition coefficient (Wildman–Crippen LogP) is 6.47. The lowest BCUT2D eigenvalue weighted by Gasteiger charge is -2.29. The lowest BCUT2D eigenvalue weighted by atomic mass is 10.2. The smallest absolute Gasteiger partial charge is 0.293 e. The van der Waals surface area contributed by atoms with Crippen LogP contribution in [0.1, 0.15) is 22.5 Å². The molecule has 0 radical (unpaired) electrons. The van der Waals surface area contributed by atoms with Crippen LogP contribution in [0.5, 0.6) is 0 Å². The van der Waals surface area contributed by atoms with Gasteiger partial charge in [-0.05, 0) is 85.3 Å². The van der Waals surface area contributed by atoms with Crippen molar-refractivity contribution in [2.75, 3.05) is 31.2 Å². The SMILES string of the molecule is Cc1cc(/C=C2\SC(=O)N(Cc3ccc(Cl)c(Cl)c3)C2=O)c(C)n1-c1ccc(N2CCOCC2)cc1. The van der Waals surface area contributed by atoms with Crippen molar-refractivity contribution in [1.29, 1.82) is 0 Å². The van der Waals surface area contributed by atoms with Crippen molar-refractivity contribution in [3.8, 4) is 5.69 Å². The Kier molecular flexibility index (Phi) is 7.17. The topological polar surface area (TPSA) is 54.8 Å². The van der Waals surface area contributed by atoms with Crippen LogP contribution in [0.2, 0.25) is 10.0 Å². The van der Waals surface area contributed by atoms with Crippen molar-refractivity contribution in [3.05, 3.63) is 86.0 Å². The maximum atomic E-state index is 13.1. The Hall–Kier alpha value is -2.71. The Bertz CT molecular complexity index is 1360. The highest BCUT2D eigenvalue weighted by Gasteiger charge is 2.35. The van der Waals surface area contributed by atoms with E-state index in [-0.39, 0.29) is 17.7 Å². The minimum atomic E-state index is -0.310. The fraction of sp³-hybridized carbons (Fsp3) is 0.259. The fourth-order valence-electron chi connectivity index (χ4n) is 4.56. The van der Waals surface area contributed by atoms with Gasteiger partial charge in [-0.25, -0.2) is 0 Å². The molecule has 2 saturated heterocycles. The maximum absolute atomic E-state index is 13.1. The number of morpholine rings is 1. The lowest BCUT2D eigenvalue weighted by molar-refractivity contribution is -0.123. The van der Waals surface area contributed by atoms with E-state index >= 15 is 0 Å². The number of thioether (sulfide) groups is 1. The van der Waals surface area contributed by atoms with E-state index in [1.165, 1.54) is 10.6 Å². The number of nitrogens with zero attached hydrogens (tertiary/aromatic N) is 3. The Balaban J connectivity index is 1.37. The molecule has 2 aliphatic rings. The molecule has 0 unspecified atom stereocenters. The summed E-state index contributed by atoms with van der Waals surface area (Å²) in [5, 5.41) is 0.521. The third kappa shape index (κ3) is 4.93. The second kappa shape index (κ2) is 10.3. The molecule has 2 aliphatic heterocycles. The van der Waals surface area contributed by atoms with Gasteiger partial charge in [-0.15, -0.1) is 0 Å². The average Bonchev–Trinajstić information content (AvgIpc) is 3.30. The van der Waals surface area contributed by atoms with Crippen molar-refractivity contribution in [3.63, 3.8) is 0 Å². The number of benzene rings is 2. The van der Waals surface area contributed by atoms with Gasteiger partial charge in [0, 0.05) is 35.9 Å². The molecule has 3 heterocycles. The molecular formula is C27H25Cl2N3O3S. The van der Waals surface area contributed by atoms with Crippen LogP contribution in [-0.4, -0.2) is 46.9 Å². The molecule has 0 atom stereocenters. The molecular weight excluding hydrogens is 517 g/mol. The van der Waals surface area contributed by atoms with Gasteiger partial charge in [0.05, 0.1) is 34.7 Å². The van der Waals surface area contributed by atoms with Crippen LogP contribution in [-0.2, 0) is 16.1 Å². The minimum absolute atomic E-state index is 0.146. The second-order valence-electron chi connectivity index (χ2n) is 8.79. The van der Waals surface area contributed by atoms with Gasteiger partial charge in [-0.2, -0.15) is 0 Å². The molecule has 1 aromatic heterocycles. The monoisotopic (exact) mass is 541 g/mol. The molecule has 2 amide bonds. The summed E-state index contributed by atoms with van der Waals surface area (Å²) in [6.45, 7) is 7.49. The van der Waals surface area contributed by atoms with Gasteiger partial charge >= 0.3 is 0 Å². The number of anilines is 1. The highest BCUT2D eigenvalue weighted by Crippen LogP contribution is 2.35. The Labute approximate surface area is 224 Å². The van der Waals surface area contributed by atoms with Crippen molar-refractivity contribution < 1.29 is 14.3 Å². The quantitative estimate of drug-likeness (QED) is 0.346. The number of aromatic nitrogens is 1. The van der Waals surface area contributed by atoms with E-state index in [0.717, 1.165) is 66.3 Å². The van der Waals surface area contributed by atoms with Crippen LogP contribution < -0.4 is 4.90 Å². The van der Waals surface area contributed by atoms with Crippen molar-refractivity contribution >= 4 is 57.9 Å². The standard InChI is InChI=1S/C27H25Cl2N3O3S/c1-17-13-20(18(2)32(17)22-6-4-21(5-7-22)30-9-11-35-12-10-30)15-25-26(33)31(27(34)36-25)16-19-3-8-23(28)24(29)14-19/h3-8,13-15H,9-12,16H2,1-2H3/b25-15-. The molecule has 0 aliphatic carbocycles. The number of aryl methyl sites for hydroxylation is 1. The Morgan fingerprint density at radius 2 is 1.64 bits per heavy atom. The summed E-state index contributed by atoms with van der Waals surface area (Å²) in [6, 6.07) is 15.6. The Morgan fingerprint density at radius 1 is 0.944 bits per heavy atom. The van der Waals surface area contributed by atoms with Crippen LogP contribution in [0.3, 0.4) is 0 Å². The van der Waals surface area contributed by atoms with E-state index in [0.29, 0.717) is 15.0 Å². The molecule has 3 aromatic rings. The number of ether oxygens (including phenoxy) is 1. The van der Waals surface area contributed by atoms with Gasteiger partial charge in [-0.1, -0.05) is 29.3 Å². The predicted molar refractivity (Wildman–Crippen MR) is 146 cm³/mol. The summed E-state index contributed by atoms with van der Waals surface area (Å²) in [6.07, 6.45) is 1.81. The van der Waals surface area contributed by atoms with Gasteiger partial charge in [0.2, 0.25) is 0 Å². The lowest BCUT2D eigenvalue weighted by Crippen LogP contribution is -2.36. The largest absolute Gasteiger partial charge is 0.378 e. The summed E-state index contributed by atoms with van der Waals surface area (Å²) in [7, 11) is 0. The van der Waals surface area contributed by atoms with E-state index in [1.807, 2.05) is 19.9 Å². The van der Waals surface area contributed by atoms with Crippen LogP contribution in [0.4, 0.5) is 10.5 Å². The zero-order valence-corrected chi connectivity index (χ0v) is 22.3. The van der Waals surface area contributed by atoms with Crippen LogP contribution in [0.15, 0.2) is 53.4 Å². The van der Waals surface area contributed by atoms with Crippen LogP contribution >= 0.6 is 35.0 Å². The molecule has 6 nitrogen and oxygen atoms in total. The number of carbonyl (C=O) groups excluding carboxylic acids is 2. The number of hydrogen-bond donors (Lipinski definition) is 0. The van der Waals surface area contributed by atoms with Crippen molar-refractivity contribution in [2.45, 2.75) is 20.4 Å². The van der Waals surface area contributed by atoms with Crippen molar-refractivity contribution in [1.82, 2.24) is 9.47 Å². The van der Waals surface area contributed by atoms with E-state index in [1.54, 1.807) is 24.3 Å². The number of rotatable bonds is 5. The molecule has 2 fully saturated rings. The zero-order valence-electron chi connectivity index (χ0n) is 20.0. The van der Waals surface area contributed by atoms with E-state index in [4.69, 9.17) is 27.9 Å². The van der Waals surface area contributed by atoms with Gasteiger partial charge in [-0.3, -0.25) is 14.5 Å². The van der Waals surface area contributed by atoms with E-state index in [9.17, 15) is 9.59 Å². The van der Waals surface area contributed by atoms with Crippen molar-refractivity contribution in [2.24, 2.45) is 0 Å². The summed E-state index contributed by atoms with van der Waals surface area (Å²) in [5.41, 5.74) is 5.93. The van der Waals surface area contributed by atoms with Crippen LogP contribution in [0.25, 0.3) is 11.8 Å².